The second-order valence-corrected chi connectivity index (χ2v) is 14.2. The zero-order valence-electron chi connectivity index (χ0n) is 19.0. The lowest BCUT2D eigenvalue weighted by molar-refractivity contribution is -0.0500. The summed E-state index contributed by atoms with van der Waals surface area (Å²) < 4.78 is 79.9. The van der Waals surface area contributed by atoms with Crippen LogP contribution in [0.1, 0.15) is 64.2 Å². The van der Waals surface area contributed by atoms with Crippen molar-refractivity contribution >= 4 is 22.6 Å². The van der Waals surface area contributed by atoms with Crippen molar-refractivity contribution < 1.29 is 30.3 Å². The van der Waals surface area contributed by atoms with Crippen LogP contribution in [0.5, 0.6) is 5.75 Å². The first-order chi connectivity index (χ1) is 16.1. The van der Waals surface area contributed by atoms with Gasteiger partial charge in [-0.1, -0.05) is 74.9 Å². The van der Waals surface area contributed by atoms with Crippen LogP contribution in [0.3, 0.4) is 0 Å². The Labute approximate surface area is 199 Å². The predicted molar refractivity (Wildman–Crippen MR) is 128 cm³/mol. The molecule has 0 spiro atoms. The summed E-state index contributed by atoms with van der Waals surface area (Å²) in [4.78, 5) is 0. The van der Waals surface area contributed by atoms with Gasteiger partial charge in [-0.3, -0.25) is 0 Å². The average molecular weight is 515 g/mol. The maximum absolute atomic E-state index is 15.1. The van der Waals surface area contributed by atoms with Crippen LogP contribution >= 0.6 is 7.14 Å². The molecule has 0 amide bonds. The Morgan fingerprint density at radius 1 is 0.765 bits per heavy atom. The molecule has 0 heterocycles. The van der Waals surface area contributed by atoms with Crippen LogP contribution in [0.25, 0.3) is 11.1 Å². The smallest absolute Gasteiger partial charge is 0.376 e. The molecule has 34 heavy (non-hydrogen) atoms. The van der Waals surface area contributed by atoms with Crippen molar-refractivity contribution in [3.05, 3.63) is 48.5 Å². The lowest BCUT2D eigenvalue weighted by atomic mass is 9.99. The number of hydrogen-bond donors (Lipinski definition) is 0. The van der Waals surface area contributed by atoms with Crippen molar-refractivity contribution in [3.63, 3.8) is 0 Å². The molecule has 0 bridgehead atoms. The molecular formula is C25H30F3O4PS. The molecule has 2 aliphatic rings. The highest BCUT2D eigenvalue weighted by molar-refractivity contribution is 7.88. The molecular weight excluding hydrogens is 484 g/mol. The van der Waals surface area contributed by atoms with Gasteiger partial charge < -0.3 is 8.75 Å². The van der Waals surface area contributed by atoms with Gasteiger partial charge in [0.15, 0.2) is 0 Å². The van der Waals surface area contributed by atoms with Gasteiger partial charge >= 0.3 is 15.6 Å². The predicted octanol–water partition coefficient (Wildman–Crippen LogP) is 7.24. The molecule has 0 aliphatic heterocycles. The van der Waals surface area contributed by atoms with E-state index in [1.807, 2.05) is 24.3 Å². The van der Waals surface area contributed by atoms with E-state index in [1.54, 1.807) is 0 Å². The summed E-state index contributed by atoms with van der Waals surface area (Å²) in [6.07, 6.45) is 10.5. The van der Waals surface area contributed by atoms with Crippen LogP contribution in [0.4, 0.5) is 13.2 Å². The highest BCUT2D eigenvalue weighted by Gasteiger charge is 2.48. The molecule has 0 radical (unpaired) electrons. The van der Waals surface area contributed by atoms with Crippen LogP contribution in [-0.2, 0) is 14.7 Å². The topological polar surface area (TPSA) is 60.4 Å². The first kappa shape index (κ1) is 25.3. The minimum atomic E-state index is -5.73. The summed E-state index contributed by atoms with van der Waals surface area (Å²) in [5, 5.41) is 0.852. The van der Waals surface area contributed by atoms with E-state index in [1.165, 1.54) is 37.1 Å². The number of benzene rings is 2. The Kier molecular flexibility index (Phi) is 7.49. The molecule has 4 rings (SSSR count). The molecule has 0 unspecified atom stereocenters. The van der Waals surface area contributed by atoms with Gasteiger partial charge in [0.2, 0.25) is 0 Å². The minimum absolute atomic E-state index is 0.157. The third-order valence-electron chi connectivity index (χ3n) is 7.17. The summed E-state index contributed by atoms with van der Waals surface area (Å²) in [7, 11) is -8.50. The fourth-order valence-corrected chi connectivity index (χ4v) is 10.5. The molecule has 2 aromatic rings. The van der Waals surface area contributed by atoms with Crippen LogP contribution in [0.15, 0.2) is 48.5 Å². The molecule has 4 nitrogen and oxygen atoms in total. The Morgan fingerprint density at radius 2 is 1.26 bits per heavy atom. The number of hydrogen-bond acceptors (Lipinski definition) is 4. The van der Waals surface area contributed by atoms with Gasteiger partial charge in [0.25, 0.3) is 0 Å². The van der Waals surface area contributed by atoms with E-state index in [-0.39, 0.29) is 11.3 Å². The fraction of sp³-hybridized carbons (Fsp3) is 0.520. The van der Waals surface area contributed by atoms with Crippen LogP contribution < -0.4 is 9.49 Å². The van der Waals surface area contributed by atoms with Gasteiger partial charge in [-0.2, -0.15) is 21.6 Å². The third-order valence-corrected chi connectivity index (χ3v) is 12.5. The Bertz CT molecular complexity index is 1110. The van der Waals surface area contributed by atoms with Crippen molar-refractivity contribution in [2.75, 3.05) is 0 Å². The SMILES string of the molecule is O=P(c1ccccc1-c1ccc(OS(=O)(=O)C(F)(F)F)cc1)(C1CCCCC1)C1CCCCC1. The molecule has 0 N–H and O–H groups in total. The zero-order chi connectivity index (χ0) is 24.4. The Morgan fingerprint density at radius 3 is 1.76 bits per heavy atom. The third kappa shape index (κ3) is 5.08. The first-order valence-electron chi connectivity index (χ1n) is 11.9. The fourth-order valence-electron chi connectivity index (χ4n) is 5.51. The zero-order valence-corrected chi connectivity index (χ0v) is 20.7. The van der Waals surface area contributed by atoms with Crippen LogP contribution in [0, 0.1) is 0 Å². The highest BCUT2D eigenvalue weighted by atomic mass is 32.2. The van der Waals surface area contributed by atoms with E-state index in [0.717, 1.165) is 62.2 Å². The van der Waals surface area contributed by atoms with Crippen molar-refractivity contribution in [1.82, 2.24) is 0 Å². The van der Waals surface area contributed by atoms with E-state index in [2.05, 4.69) is 4.18 Å². The molecule has 2 aromatic carbocycles. The van der Waals surface area contributed by atoms with Crippen LogP contribution in [0.2, 0.25) is 0 Å². The molecule has 9 heteroatoms. The van der Waals surface area contributed by atoms with Crippen molar-refractivity contribution in [2.45, 2.75) is 81.0 Å². The Balaban J connectivity index is 1.72. The summed E-state index contributed by atoms with van der Waals surface area (Å²) in [6, 6.07) is 13.1. The largest absolute Gasteiger partial charge is 0.534 e. The van der Waals surface area contributed by atoms with Gasteiger partial charge in [0, 0.05) is 16.6 Å². The van der Waals surface area contributed by atoms with E-state index >= 15 is 4.57 Å². The standard InChI is InChI=1S/C25H30F3O4PS/c26-25(27,28)34(30,31)32-20-17-15-19(16-18-20)23-13-7-8-14-24(23)33(29,21-9-3-1-4-10-21)22-11-5-2-6-12-22/h7-8,13-18,21-22H,1-6,9-12H2. The normalized spacial score (nSPS) is 19.1. The molecule has 2 fully saturated rings. The molecule has 0 aromatic heterocycles. The lowest BCUT2D eigenvalue weighted by Gasteiger charge is -2.39. The van der Waals surface area contributed by atoms with Gasteiger partial charge in [0.05, 0.1) is 0 Å². The summed E-state index contributed by atoms with van der Waals surface area (Å²) in [6.45, 7) is 0. The minimum Gasteiger partial charge on any atom is -0.376 e. The number of halogens is 3. The average Bonchev–Trinajstić information content (AvgIpc) is 2.84. The van der Waals surface area contributed by atoms with Gasteiger partial charge in [0.1, 0.15) is 12.9 Å². The van der Waals surface area contributed by atoms with Gasteiger partial charge in [-0.05, 0) is 48.9 Å². The van der Waals surface area contributed by atoms with E-state index in [0.29, 0.717) is 5.56 Å². The Hall–Kier alpha value is -1.79. The lowest BCUT2D eigenvalue weighted by Crippen LogP contribution is -2.30. The van der Waals surface area contributed by atoms with E-state index in [4.69, 9.17) is 0 Å². The highest BCUT2D eigenvalue weighted by Crippen LogP contribution is 2.62. The maximum Gasteiger partial charge on any atom is 0.534 e. The molecule has 0 atom stereocenters. The van der Waals surface area contributed by atoms with E-state index < -0.39 is 28.5 Å². The molecule has 0 saturated heterocycles. The summed E-state index contributed by atoms with van der Waals surface area (Å²) in [5.74, 6) is -0.415. The van der Waals surface area contributed by atoms with Gasteiger partial charge in [-0.25, -0.2) is 0 Å². The summed E-state index contributed by atoms with van der Waals surface area (Å²) in [5.41, 5.74) is -3.70. The van der Waals surface area contributed by atoms with Crippen LogP contribution in [-0.4, -0.2) is 25.2 Å². The van der Waals surface area contributed by atoms with Gasteiger partial charge in [-0.15, -0.1) is 0 Å². The number of alkyl halides is 3. The molecule has 186 valence electrons. The quantitative estimate of drug-likeness (QED) is 0.232. The second-order valence-electron chi connectivity index (χ2n) is 9.32. The first-order valence-corrected chi connectivity index (χ1v) is 15.2. The van der Waals surface area contributed by atoms with Crippen molar-refractivity contribution in [1.29, 1.82) is 0 Å². The molecule has 2 aliphatic carbocycles. The van der Waals surface area contributed by atoms with Crippen molar-refractivity contribution in [3.8, 4) is 16.9 Å². The summed E-state index contributed by atoms with van der Waals surface area (Å²) >= 11 is 0. The van der Waals surface area contributed by atoms with E-state index in [9.17, 15) is 21.6 Å². The maximum atomic E-state index is 15.1. The molecule has 2 saturated carbocycles. The number of rotatable bonds is 6. The monoisotopic (exact) mass is 514 g/mol. The van der Waals surface area contributed by atoms with Crippen molar-refractivity contribution in [2.24, 2.45) is 0 Å². The second kappa shape index (κ2) is 10.1.